The zero-order valence-electron chi connectivity index (χ0n) is 9.69. The smallest absolute Gasteiger partial charge is 0.257 e. The van der Waals surface area contributed by atoms with Gasteiger partial charge in [0.25, 0.3) is 5.91 Å². The number of furan rings is 1. The van der Waals surface area contributed by atoms with Gasteiger partial charge in [-0.15, -0.1) is 0 Å². The lowest BCUT2D eigenvalue weighted by molar-refractivity contribution is -0.0860. The van der Waals surface area contributed by atoms with Gasteiger partial charge in [-0.1, -0.05) is 13.3 Å². The maximum atomic E-state index is 11.9. The van der Waals surface area contributed by atoms with E-state index in [0.717, 1.165) is 18.6 Å². The van der Waals surface area contributed by atoms with Crippen LogP contribution in [0.4, 0.5) is 0 Å². The predicted molar refractivity (Wildman–Crippen MR) is 59.2 cm³/mol. The van der Waals surface area contributed by atoms with Crippen LogP contribution in [0.15, 0.2) is 16.7 Å². The second-order valence-electron chi connectivity index (χ2n) is 4.58. The minimum atomic E-state index is -0.664. The molecule has 2 rings (SSSR count). The Morgan fingerprint density at radius 1 is 1.62 bits per heavy atom. The summed E-state index contributed by atoms with van der Waals surface area (Å²) >= 11 is 0. The molecule has 1 amide bonds. The van der Waals surface area contributed by atoms with Crippen LogP contribution >= 0.6 is 0 Å². The molecule has 0 aromatic carbocycles. The van der Waals surface area contributed by atoms with Crippen LogP contribution in [-0.4, -0.2) is 34.6 Å². The molecule has 1 saturated heterocycles. The van der Waals surface area contributed by atoms with Gasteiger partial charge in [-0.3, -0.25) is 4.79 Å². The number of hydrogen-bond acceptors (Lipinski definition) is 3. The quantitative estimate of drug-likeness (QED) is 0.846. The summed E-state index contributed by atoms with van der Waals surface area (Å²) in [7, 11) is 0. The van der Waals surface area contributed by atoms with Crippen molar-refractivity contribution in [1.29, 1.82) is 0 Å². The molecule has 0 saturated carbocycles. The number of likely N-dealkylation sites (tertiary alicyclic amines) is 1. The van der Waals surface area contributed by atoms with Gasteiger partial charge in [0.2, 0.25) is 0 Å². The molecular weight excluding hydrogens is 206 g/mol. The van der Waals surface area contributed by atoms with E-state index < -0.39 is 5.60 Å². The lowest BCUT2D eigenvalue weighted by atomic mass is 9.89. The van der Waals surface area contributed by atoms with Gasteiger partial charge in [-0.05, 0) is 19.4 Å². The van der Waals surface area contributed by atoms with Crippen molar-refractivity contribution < 1.29 is 14.3 Å². The molecular formula is C12H17NO3. The fourth-order valence-corrected chi connectivity index (χ4v) is 2.17. The second-order valence-corrected chi connectivity index (χ2v) is 4.58. The van der Waals surface area contributed by atoms with Crippen molar-refractivity contribution >= 4 is 5.91 Å². The van der Waals surface area contributed by atoms with Crippen LogP contribution in [-0.2, 0) is 0 Å². The van der Waals surface area contributed by atoms with E-state index in [1.165, 1.54) is 6.26 Å². The van der Waals surface area contributed by atoms with Crippen LogP contribution in [0, 0.1) is 6.92 Å². The van der Waals surface area contributed by atoms with Gasteiger partial charge in [0, 0.05) is 0 Å². The molecule has 1 aromatic heterocycles. The van der Waals surface area contributed by atoms with Gasteiger partial charge in [0.15, 0.2) is 0 Å². The molecule has 1 N–H and O–H groups in total. The van der Waals surface area contributed by atoms with E-state index in [-0.39, 0.29) is 5.91 Å². The summed E-state index contributed by atoms with van der Waals surface area (Å²) in [6.07, 6.45) is 3.15. The number of hydrogen-bond donors (Lipinski definition) is 1. The zero-order valence-corrected chi connectivity index (χ0v) is 9.69. The van der Waals surface area contributed by atoms with E-state index in [0.29, 0.717) is 18.7 Å². The Labute approximate surface area is 94.9 Å². The third kappa shape index (κ3) is 1.97. The number of aryl methyl sites for hydroxylation is 1. The number of amides is 1. The molecule has 88 valence electrons. The minimum absolute atomic E-state index is 0.0578. The summed E-state index contributed by atoms with van der Waals surface area (Å²) in [6, 6.07) is 1.72. The molecule has 4 nitrogen and oxygen atoms in total. The highest BCUT2D eigenvalue weighted by molar-refractivity contribution is 5.94. The van der Waals surface area contributed by atoms with E-state index in [9.17, 15) is 9.90 Å². The number of nitrogens with zero attached hydrogens (tertiary/aromatic N) is 1. The maximum absolute atomic E-state index is 11.9. The first kappa shape index (κ1) is 11.2. The highest BCUT2D eigenvalue weighted by Gasteiger charge is 2.43. The third-order valence-corrected chi connectivity index (χ3v) is 2.95. The number of aliphatic hydroxyl groups is 1. The zero-order chi connectivity index (χ0) is 11.8. The predicted octanol–water partition coefficient (Wildman–Crippen LogP) is 1.58. The van der Waals surface area contributed by atoms with Gasteiger partial charge in [-0.2, -0.15) is 0 Å². The Hall–Kier alpha value is -1.29. The van der Waals surface area contributed by atoms with Crippen molar-refractivity contribution in [3.8, 4) is 0 Å². The Morgan fingerprint density at radius 3 is 2.81 bits per heavy atom. The molecule has 0 bridgehead atoms. The number of β-amino-alcohol motifs (C(OH)–C–C–N with tert-alkyl or cyclic N) is 1. The summed E-state index contributed by atoms with van der Waals surface area (Å²) < 4.78 is 5.09. The van der Waals surface area contributed by atoms with Crippen molar-refractivity contribution in [3.05, 3.63) is 23.7 Å². The van der Waals surface area contributed by atoms with Crippen molar-refractivity contribution in [1.82, 2.24) is 4.90 Å². The topological polar surface area (TPSA) is 53.7 Å². The van der Waals surface area contributed by atoms with Gasteiger partial charge in [0.1, 0.15) is 12.0 Å². The van der Waals surface area contributed by atoms with Crippen molar-refractivity contribution in [2.75, 3.05) is 13.1 Å². The monoisotopic (exact) mass is 223 g/mol. The van der Waals surface area contributed by atoms with Gasteiger partial charge in [0.05, 0.1) is 24.3 Å². The Morgan fingerprint density at radius 2 is 2.31 bits per heavy atom. The van der Waals surface area contributed by atoms with Crippen LogP contribution in [0.25, 0.3) is 0 Å². The number of carbonyl (C=O) groups excluding carboxylic acids is 1. The Balaban J connectivity index is 1.95. The molecule has 2 heterocycles. The van der Waals surface area contributed by atoms with Crippen molar-refractivity contribution in [2.45, 2.75) is 32.3 Å². The maximum Gasteiger partial charge on any atom is 0.257 e. The van der Waals surface area contributed by atoms with Gasteiger partial charge in [-0.25, -0.2) is 0 Å². The average molecular weight is 223 g/mol. The van der Waals surface area contributed by atoms with Crippen LogP contribution in [0.2, 0.25) is 0 Å². The Kier molecular flexibility index (Phi) is 2.76. The van der Waals surface area contributed by atoms with E-state index in [4.69, 9.17) is 4.42 Å². The fraction of sp³-hybridized carbons (Fsp3) is 0.583. The van der Waals surface area contributed by atoms with E-state index in [2.05, 4.69) is 0 Å². The number of rotatable bonds is 3. The molecule has 1 aliphatic rings. The highest BCUT2D eigenvalue weighted by atomic mass is 16.3. The highest BCUT2D eigenvalue weighted by Crippen LogP contribution is 2.27. The molecule has 0 spiro atoms. The lowest BCUT2D eigenvalue weighted by Gasteiger charge is -2.46. The second kappa shape index (κ2) is 3.94. The standard InChI is InChI=1S/C12H17NO3/c1-3-4-12(15)7-13(8-12)11(14)10-5-9(2)16-6-10/h5-6,15H,3-4,7-8H2,1-2H3. The molecule has 0 unspecified atom stereocenters. The molecule has 1 aromatic rings. The normalized spacial score (nSPS) is 18.3. The SMILES string of the molecule is CCCC1(O)CN(C(=O)c2coc(C)c2)C1. The van der Waals surface area contributed by atoms with Crippen molar-refractivity contribution in [2.24, 2.45) is 0 Å². The van der Waals surface area contributed by atoms with Crippen LogP contribution in [0.3, 0.4) is 0 Å². The first-order chi connectivity index (χ1) is 7.54. The van der Waals surface area contributed by atoms with Crippen molar-refractivity contribution in [3.63, 3.8) is 0 Å². The molecule has 16 heavy (non-hydrogen) atoms. The third-order valence-electron chi connectivity index (χ3n) is 2.95. The summed E-state index contributed by atoms with van der Waals surface area (Å²) in [4.78, 5) is 13.5. The molecule has 0 atom stereocenters. The summed E-state index contributed by atoms with van der Waals surface area (Å²) in [5.41, 5.74) is -0.0977. The van der Waals surface area contributed by atoms with E-state index in [1.54, 1.807) is 17.9 Å². The largest absolute Gasteiger partial charge is 0.469 e. The Bertz CT molecular complexity index is 391. The van der Waals surface area contributed by atoms with Crippen LogP contribution < -0.4 is 0 Å². The first-order valence-corrected chi connectivity index (χ1v) is 5.61. The van der Waals surface area contributed by atoms with Crippen LogP contribution in [0.5, 0.6) is 0 Å². The molecule has 0 aliphatic carbocycles. The lowest BCUT2D eigenvalue weighted by Crippen LogP contribution is -2.63. The van der Waals surface area contributed by atoms with Crippen LogP contribution in [0.1, 0.15) is 35.9 Å². The summed E-state index contributed by atoms with van der Waals surface area (Å²) in [5, 5.41) is 9.96. The molecule has 0 radical (unpaired) electrons. The summed E-state index contributed by atoms with van der Waals surface area (Å²) in [5.74, 6) is 0.672. The molecule has 1 aliphatic heterocycles. The number of carbonyl (C=O) groups is 1. The van der Waals surface area contributed by atoms with Gasteiger partial charge >= 0.3 is 0 Å². The minimum Gasteiger partial charge on any atom is -0.469 e. The van der Waals surface area contributed by atoms with E-state index >= 15 is 0 Å². The summed E-state index contributed by atoms with van der Waals surface area (Å²) in [6.45, 7) is 4.70. The molecule has 1 fully saturated rings. The van der Waals surface area contributed by atoms with E-state index in [1.807, 2.05) is 6.92 Å². The fourth-order valence-electron chi connectivity index (χ4n) is 2.17. The first-order valence-electron chi connectivity index (χ1n) is 5.61. The molecule has 4 heteroatoms. The van der Waals surface area contributed by atoms with Gasteiger partial charge < -0.3 is 14.4 Å². The average Bonchev–Trinajstić information content (AvgIpc) is 2.60.